The van der Waals surface area contributed by atoms with Gasteiger partial charge in [-0.15, -0.1) is 0 Å². The molecule has 0 spiro atoms. The molecule has 1 fully saturated rings. The first-order valence-corrected chi connectivity index (χ1v) is 3.93. The second-order valence-electron chi connectivity index (χ2n) is 3.12. The minimum Gasteiger partial charge on any atom is -0.338 e. The Balaban J connectivity index is 2.37. The van der Waals surface area contributed by atoms with Gasteiger partial charge in [-0.25, -0.2) is 0 Å². The summed E-state index contributed by atoms with van der Waals surface area (Å²) in [5, 5.41) is 0. The monoisotopic (exact) mass is 151 g/mol. The maximum absolute atomic E-state index is 11.1. The lowest BCUT2D eigenvalue weighted by Gasteiger charge is -2.20. The van der Waals surface area contributed by atoms with Crippen LogP contribution in [0.4, 0.5) is 0 Å². The highest BCUT2D eigenvalue weighted by Crippen LogP contribution is 2.26. The van der Waals surface area contributed by atoms with E-state index in [9.17, 15) is 4.79 Å². The molecule has 0 aliphatic heterocycles. The van der Waals surface area contributed by atoms with E-state index < -0.39 is 0 Å². The van der Waals surface area contributed by atoms with Gasteiger partial charge in [0.2, 0.25) is 5.78 Å². The van der Waals surface area contributed by atoms with E-state index in [4.69, 9.17) is 0 Å². The number of hydrogen-bond donors (Lipinski definition) is 0. The highest BCUT2D eigenvalue weighted by Gasteiger charge is 2.23. The summed E-state index contributed by atoms with van der Waals surface area (Å²) < 4.78 is 0. The summed E-state index contributed by atoms with van der Waals surface area (Å²) in [6.07, 6.45) is 3.28. The third-order valence-electron chi connectivity index (χ3n) is 1.88. The second-order valence-corrected chi connectivity index (χ2v) is 3.12. The molecule has 0 amide bonds. The molecule has 0 atom stereocenters. The van der Waals surface area contributed by atoms with Gasteiger partial charge in [0.05, 0.1) is 0 Å². The molecule has 0 aromatic heterocycles. The van der Waals surface area contributed by atoms with E-state index in [-0.39, 0.29) is 11.7 Å². The van der Waals surface area contributed by atoms with E-state index >= 15 is 0 Å². The van der Waals surface area contributed by atoms with Crippen molar-refractivity contribution in [2.24, 2.45) is 5.92 Å². The predicted molar refractivity (Wildman–Crippen MR) is 43.8 cm³/mol. The summed E-state index contributed by atoms with van der Waals surface area (Å²) in [5.74, 6) is 2.99. The Morgan fingerprint density at radius 1 is 1.45 bits per heavy atom. The van der Waals surface area contributed by atoms with E-state index in [0.29, 0.717) is 0 Å². The van der Waals surface area contributed by atoms with Crippen molar-refractivity contribution in [3.05, 3.63) is 0 Å². The van der Waals surface area contributed by atoms with Crippen LogP contribution in [0, 0.1) is 17.9 Å². The molecule has 1 rings (SSSR count). The number of hydrogen-bond acceptors (Lipinski definition) is 2. The molecule has 0 unspecified atom stereocenters. The fourth-order valence-corrected chi connectivity index (χ4v) is 0.939. The number of carbonyl (C=O) groups excluding carboxylic acids is 1. The Hall–Kier alpha value is -0.970. The standard InChI is InChI=1S/C9H13NO/c1-10(2)7-6-9(11)8-4-3-5-8/h8H,3-5H2,1-2H3. The van der Waals surface area contributed by atoms with Crippen molar-refractivity contribution < 1.29 is 4.79 Å². The average Bonchev–Trinajstić information content (AvgIpc) is 1.79. The number of carbonyl (C=O) groups is 1. The lowest BCUT2D eigenvalue weighted by atomic mass is 9.82. The van der Waals surface area contributed by atoms with Gasteiger partial charge in [0, 0.05) is 26.1 Å². The highest BCUT2D eigenvalue weighted by molar-refractivity contribution is 5.97. The van der Waals surface area contributed by atoms with Gasteiger partial charge in [0.1, 0.15) is 0 Å². The molecule has 1 aliphatic carbocycles. The van der Waals surface area contributed by atoms with Gasteiger partial charge in [0.15, 0.2) is 0 Å². The van der Waals surface area contributed by atoms with E-state index in [2.05, 4.69) is 12.0 Å². The molecular weight excluding hydrogens is 138 g/mol. The van der Waals surface area contributed by atoms with Crippen molar-refractivity contribution in [2.45, 2.75) is 19.3 Å². The predicted octanol–water partition coefficient (Wildman–Crippen LogP) is 0.878. The Morgan fingerprint density at radius 2 is 2.09 bits per heavy atom. The number of nitrogens with zero attached hydrogens (tertiary/aromatic N) is 1. The van der Waals surface area contributed by atoms with Gasteiger partial charge in [-0.2, -0.15) is 0 Å². The van der Waals surface area contributed by atoms with Crippen molar-refractivity contribution >= 4 is 5.78 Å². The van der Waals surface area contributed by atoms with E-state index in [1.54, 1.807) is 4.90 Å². The first-order valence-electron chi connectivity index (χ1n) is 3.93. The van der Waals surface area contributed by atoms with Gasteiger partial charge in [-0.1, -0.05) is 6.42 Å². The zero-order valence-corrected chi connectivity index (χ0v) is 7.05. The van der Waals surface area contributed by atoms with Crippen LogP contribution in [0.3, 0.4) is 0 Å². The van der Waals surface area contributed by atoms with Crippen molar-refractivity contribution in [2.75, 3.05) is 14.1 Å². The van der Waals surface area contributed by atoms with Crippen LogP contribution in [0.5, 0.6) is 0 Å². The fourth-order valence-electron chi connectivity index (χ4n) is 0.939. The average molecular weight is 151 g/mol. The van der Waals surface area contributed by atoms with Crippen LogP contribution < -0.4 is 0 Å². The normalized spacial score (nSPS) is 16.2. The van der Waals surface area contributed by atoms with Crippen LogP contribution >= 0.6 is 0 Å². The third kappa shape index (κ3) is 2.27. The molecule has 0 bridgehead atoms. The molecule has 0 saturated heterocycles. The minimum atomic E-state index is 0.116. The SMILES string of the molecule is CN(C)C#CC(=O)C1CCC1. The molecule has 1 aliphatic rings. The summed E-state index contributed by atoms with van der Waals surface area (Å²) in [6, 6.07) is 2.73. The lowest BCUT2D eigenvalue weighted by Crippen LogP contribution is -2.20. The van der Waals surface area contributed by atoms with Crippen LogP contribution in [0.25, 0.3) is 0 Å². The van der Waals surface area contributed by atoms with Gasteiger partial charge >= 0.3 is 0 Å². The molecule has 0 heterocycles. The summed E-state index contributed by atoms with van der Waals surface area (Å²) in [5.41, 5.74) is 0. The summed E-state index contributed by atoms with van der Waals surface area (Å²) in [6.45, 7) is 0. The van der Waals surface area contributed by atoms with E-state index in [0.717, 1.165) is 12.8 Å². The third-order valence-corrected chi connectivity index (χ3v) is 1.88. The van der Waals surface area contributed by atoms with Crippen molar-refractivity contribution in [1.29, 1.82) is 0 Å². The zero-order chi connectivity index (χ0) is 8.27. The fraction of sp³-hybridized carbons (Fsp3) is 0.667. The Bertz CT molecular complexity index is 205. The smallest absolute Gasteiger partial charge is 0.210 e. The summed E-state index contributed by atoms with van der Waals surface area (Å²) >= 11 is 0. The minimum absolute atomic E-state index is 0.116. The van der Waals surface area contributed by atoms with Crippen molar-refractivity contribution in [3.63, 3.8) is 0 Å². The van der Waals surface area contributed by atoms with Crippen LogP contribution in [0.1, 0.15) is 19.3 Å². The Kier molecular flexibility index (Phi) is 2.53. The van der Waals surface area contributed by atoms with Crippen LogP contribution in [-0.2, 0) is 4.79 Å². The number of ketones is 1. The summed E-state index contributed by atoms with van der Waals surface area (Å²) in [7, 11) is 3.67. The van der Waals surface area contributed by atoms with Crippen LogP contribution in [0.15, 0.2) is 0 Å². The second kappa shape index (κ2) is 3.43. The zero-order valence-electron chi connectivity index (χ0n) is 7.05. The highest BCUT2D eigenvalue weighted by atomic mass is 16.1. The topological polar surface area (TPSA) is 20.3 Å². The number of Topliss-reactive ketones (excluding diaryl/α,β-unsaturated/α-hetero) is 1. The maximum Gasteiger partial charge on any atom is 0.210 e. The maximum atomic E-state index is 11.1. The molecule has 0 aromatic rings. The molecule has 11 heavy (non-hydrogen) atoms. The number of rotatable bonds is 1. The summed E-state index contributed by atoms with van der Waals surface area (Å²) in [4.78, 5) is 12.8. The van der Waals surface area contributed by atoms with Crippen molar-refractivity contribution in [3.8, 4) is 12.0 Å². The molecule has 2 nitrogen and oxygen atoms in total. The van der Waals surface area contributed by atoms with Crippen LogP contribution in [0.2, 0.25) is 0 Å². The molecule has 0 radical (unpaired) electrons. The molecular formula is C9H13NO. The molecule has 1 saturated carbocycles. The molecule has 60 valence electrons. The van der Waals surface area contributed by atoms with Crippen molar-refractivity contribution in [1.82, 2.24) is 4.90 Å². The van der Waals surface area contributed by atoms with Gasteiger partial charge in [-0.3, -0.25) is 4.79 Å². The first kappa shape index (κ1) is 8.13. The largest absolute Gasteiger partial charge is 0.338 e. The van der Waals surface area contributed by atoms with E-state index in [1.807, 2.05) is 14.1 Å². The lowest BCUT2D eigenvalue weighted by molar-refractivity contribution is -0.119. The Morgan fingerprint density at radius 3 is 2.45 bits per heavy atom. The molecule has 0 N–H and O–H groups in total. The first-order chi connectivity index (χ1) is 5.20. The van der Waals surface area contributed by atoms with E-state index in [1.165, 1.54) is 6.42 Å². The van der Waals surface area contributed by atoms with Crippen LogP contribution in [-0.4, -0.2) is 24.8 Å². The van der Waals surface area contributed by atoms with Gasteiger partial charge in [0.25, 0.3) is 0 Å². The quantitative estimate of drug-likeness (QED) is 0.409. The molecule has 2 heteroatoms. The Labute approximate surface area is 67.6 Å². The van der Waals surface area contributed by atoms with Gasteiger partial charge < -0.3 is 4.90 Å². The van der Waals surface area contributed by atoms with Gasteiger partial charge in [-0.05, 0) is 18.8 Å². The molecule has 0 aromatic carbocycles.